The lowest BCUT2D eigenvalue weighted by molar-refractivity contribution is -0.132. The Balaban J connectivity index is 0.00000342. The molecule has 0 saturated heterocycles. The van der Waals surface area contributed by atoms with Crippen molar-refractivity contribution in [3.8, 4) is 34.7 Å². The van der Waals surface area contributed by atoms with Gasteiger partial charge in [0.2, 0.25) is 11.7 Å². The van der Waals surface area contributed by atoms with Crippen LogP contribution in [0, 0.1) is 18.3 Å². The summed E-state index contributed by atoms with van der Waals surface area (Å²) in [6.45, 7) is 7.72. The number of benzene rings is 2. The number of aromatic nitrogens is 2. The first-order chi connectivity index (χ1) is 16.4. The van der Waals surface area contributed by atoms with Crippen molar-refractivity contribution in [1.82, 2.24) is 15.0 Å². The van der Waals surface area contributed by atoms with Gasteiger partial charge in [0.1, 0.15) is 11.8 Å². The predicted molar refractivity (Wildman–Crippen MR) is 135 cm³/mol. The molecule has 184 valence electrons. The normalized spacial score (nSPS) is 12.6. The summed E-state index contributed by atoms with van der Waals surface area (Å²) < 4.78 is 11.2. The average Bonchev–Trinajstić information content (AvgIpc) is 3.32. The monoisotopic (exact) mass is 495 g/mol. The number of fused-ring (bicyclic) bond motifs is 1. The van der Waals surface area contributed by atoms with Crippen LogP contribution in [0.3, 0.4) is 0 Å². The first-order valence-corrected chi connectivity index (χ1v) is 11.6. The summed E-state index contributed by atoms with van der Waals surface area (Å²) in [5.74, 6) is 1.53. The molecule has 1 aliphatic rings. The van der Waals surface area contributed by atoms with Crippen molar-refractivity contribution in [2.45, 2.75) is 52.7 Å². The van der Waals surface area contributed by atoms with Crippen LogP contribution in [-0.2, 0) is 17.8 Å². The Hall–Kier alpha value is -3.41. The molecule has 0 bridgehead atoms. The zero-order valence-electron chi connectivity index (χ0n) is 20.2. The highest BCUT2D eigenvalue weighted by Gasteiger charge is 2.24. The van der Waals surface area contributed by atoms with E-state index in [4.69, 9.17) is 15.0 Å². The predicted octanol–water partition coefficient (Wildman–Crippen LogP) is 4.42. The third kappa shape index (κ3) is 5.64. The minimum atomic E-state index is -0.0314. The van der Waals surface area contributed by atoms with Crippen LogP contribution in [0.5, 0.6) is 5.75 Å². The van der Waals surface area contributed by atoms with E-state index in [9.17, 15) is 10.1 Å². The Bertz CT molecular complexity index is 1250. The van der Waals surface area contributed by atoms with E-state index in [-0.39, 0.29) is 24.4 Å². The minimum absolute atomic E-state index is 0. The highest BCUT2D eigenvalue weighted by Crippen LogP contribution is 2.32. The third-order valence-electron chi connectivity index (χ3n) is 6.01. The largest absolute Gasteiger partial charge is 0.490 e. The molecular weight excluding hydrogens is 466 g/mol. The number of ether oxygens (including phenoxy) is 1. The quantitative estimate of drug-likeness (QED) is 0.515. The molecule has 0 atom stereocenters. The fraction of sp³-hybridized carbons (Fsp3) is 0.385. The van der Waals surface area contributed by atoms with E-state index in [0.29, 0.717) is 61.1 Å². The zero-order valence-corrected chi connectivity index (χ0v) is 21.0. The number of rotatable bonds is 7. The lowest BCUT2D eigenvalue weighted by atomic mass is 9.91. The van der Waals surface area contributed by atoms with Crippen LogP contribution in [0.2, 0.25) is 0 Å². The first kappa shape index (κ1) is 26.2. The second-order valence-electron chi connectivity index (χ2n) is 8.75. The van der Waals surface area contributed by atoms with Crippen molar-refractivity contribution >= 4 is 18.3 Å². The molecule has 4 rings (SSSR count). The van der Waals surface area contributed by atoms with Crippen molar-refractivity contribution < 1.29 is 14.1 Å². The van der Waals surface area contributed by atoms with Crippen LogP contribution < -0.4 is 10.5 Å². The maximum Gasteiger partial charge on any atom is 0.258 e. The van der Waals surface area contributed by atoms with E-state index in [2.05, 4.69) is 23.1 Å². The van der Waals surface area contributed by atoms with Crippen LogP contribution in [0.15, 0.2) is 34.9 Å². The van der Waals surface area contributed by atoms with Gasteiger partial charge in [-0.3, -0.25) is 4.79 Å². The Labute approximate surface area is 211 Å². The van der Waals surface area contributed by atoms with Gasteiger partial charge in [0.15, 0.2) is 0 Å². The fourth-order valence-electron chi connectivity index (χ4n) is 4.26. The molecule has 0 saturated carbocycles. The van der Waals surface area contributed by atoms with Crippen molar-refractivity contribution in [2.24, 2.45) is 5.73 Å². The number of hydrogen-bond donors (Lipinski definition) is 1. The molecule has 2 heterocycles. The van der Waals surface area contributed by atoms with E-state index in [1.165, 1.54) is 5.56 Å². The van der Waals surface area contributed by atoms with E-state index >= 15 is 0 Å². The van der Waals surface area contributed by atoms with Crippen LogP contribution in [0.25, 0.3) is 22.8 Å². The van der Waals surface area contributed by atoms with Crippen molar-refractivity contribution in [3.05, 3.63) is 52.6 Å². The van der Waals surface area contributed by atoms with Crippen molar-refractivity contribution in [1.29, 1.82) is 5.26 Å². The van der Waals surface area contributed by atoms with Crippen molar-refractivity contribution in [2.75, 3.05) is 13.1 Å². The van der Waals surface area contributed by atoms with Gasteiger partial charge in [-0.05, 0) is 75.0 Å². The number of carbonyl (C=O) groups is 1. The SMILES string of the molecule is Cc1c(-c2noc(-c3ccc(OC(C)C)c(C#N)c3)n2)ccc2c1CCN(C(=O)CCCN)C2.Cl. The van der Waals surface area contributed by atoms with Gasteiger partial charge in [-0.15, -0.1) is 12.4 Å². The molecule has 0 unspecified atom stereocenters. The van der Waals surface area contributed by atoms with Gasteiger partial charge in [0.05, 0.1) is 11.7 Å². The minimum Gasteiger partial charge on any atom is -0.490 e. The Morgan fingerprint density at radius 2 is 2.11 bits per heavy atom. The van der Waals surface area contributed by atoms with E-state index in [1.807, 2.05) is 36.9 Å². The average molecular weight is 496 g/mol. The van der Waals surface area contributed by atoms with Gasteiger partial charge in [-0.2, -0.15) is 10.2 Å². The molecule has 0 fully saturated rings. The van der Waals surface area contributed by atoms with E-state index < -0.39 is 0 Å². The fourth-order valence-corrected chi connectivity index (χ4v) is 4.26. The number of halogens is 1. The molecule has 0 aliphatic carbocycles. The molecule has 0 radical (unpaired) electrons. The molecule has 2 aromatic carbocycles. The smallest absolute Gasteiger partial charge is 0.258 e. The standard InChI is InChI=1S/C26H29N5O3.ClH/c1-16(2)33-23-9-7-18(13-20(23)14-28)26-29-25(30-34-26)22-8-6-19-15-31(24(32)5-4-11-27)12-10-21(19)17(22)3;/h6-9,13,16H,4-5,10-12,15,27H2,1-3H3;1H. The molecule has 1 aromatic heterocycles. The molecule has 3 aromatic rings. The summed E-state index contributed by atoms with van der Waals surface area (Å²) in [5.41, 5.74) is 11.0. The molecular formula is C26H30ClN5O3. The number of nitrogens with two attached hydrogens (primary N) is 1. The number of nitriles is 1. The molecule has 1 aliphatic heterocycles. The Morgan fingerprint density at radius 3 is 2.83 bits per heavy atom. The highest BCUT2D eigenvalue weighted by atomic mass is 35.5. The number of amides is 1. The molecule has 8 nitrogen and oxygen atoms in total. The van der Waals surface area contributed by atoms with Crippen LogP contribution in [0.1, 0.15) is 48.9 Å². The van der Waals surface area contributed by atoms with Crippen molar-refractivity contribution in [3.63, 3.8) is 0 Å². The lowest BCUT2D eigenvalue weighted by Gasteiger charge is -2.30. The lowest BCUT2D eigenvalue weighted by Crippen LogP contribution is -2.36. The molecule has 1 amide bonds. The zero-order chi connectivity index (χ0) is 24.2. The maximum atomic E-state index is 12.4. The molecule has 2 N–H and O–H groups in total. The summed E-state index contributed by atoms with van der Waals surface area (Å²) in [6.07, 6.45) is 1.96. The molecule has 35 heavy (non-hydrogen) atoms. The first-order valence-electron chi connectivity index (χ1n) is 11.6. The van der Waals surface area contributed by atoms with Crippen LogP contribution >= 0.6 is 12.4 Å². The summed E-state index contributed by atoms with van der Waals surface area (Å²) in [4.78, 5) is 18.9. The molecule has 9 heteroatoms. The van der Waals surface area contributed by atoms with Gasteiger partial charge in [0.25, 0.3) is 5.89 Å². The third-order valence-corrected chi connectivity index (χ3v) is 6.01. The second kappa shape index (κ2) is 11.3. The number of carbonyl (C=O) groups excluding carboxylic acids is 1. The van der Waals surface area contributed by atoms with Gasteiger partial charge >= 0.3 is 0 Å². The Kier molecular flexibility index (Phi) is 8.49. The number of hydrogen-bond acceptors (Lipinski definition) is 7. The van der Waals surface area contributed by atoms with Gasteiger partial charge in [-0.1, -0.05) is 17.3 Å². The Morgan fingerprint density at radius 1 is 1.31 bits per heavy atom. The summed E-state index contributed by atoms with van der Waals surface area (Å²) in [5, 5.41) is 13.7. The van der Waals surface area contributed by atoms with Gasteiger partial charge < -0.3 is 19.9 Å². The topological polar surface area (TPSA) is 118 Å². The van der Waals surface area contributed by atoms with E-state index in [0.717, 1.165) is 23.1 Å². The van der Waals surface area contributed by atoms with Gasteiger partial charge in [0, 0.05) is 30.6 Å². The number of nitrogens with zero attached hydrogens (tertiary/aromatic N) is 4. The van der Waals surface area contributed by atoms with Crippen LogP contribution in [0.4, 0.5) is 0 Å². The summed E-state index contributed by atoms with van der Waals surface area (Å²) in [6, 6.07) is 11.5. The second-order valence-corrected chi connectivity index (χ2v) is 8.75. The van der Waals surface area contributed by atoms with Crippen LogP contribution in [-0.4, -0.2) is 40.1 Å². The highest BCUT2D eigenvalue weighted by molar-refractivity contribution is 5.85. The molecule has 0 spiro atoms. The van der Waals surface area contributed by atoms with Gasteiger partial charge in [-0.25, -0.2) is 0 Å². The van der Waals surface area contributed by atoms with E-state index in [1.54, 1.807) is 12.1 Å². The summed E-state index contributed by atoms with van der Waals surface area (Å²) in [7, 11) is 0. The summed E-state index contributed by atoms with van der Waals surface area (Å²) >= 11 is 0. The maximum absolute atomic E-state index is 12.4.